The highest BCUT2D eigenvalue weighted by Crippen LogP contribution is 2.14. The fourth-order valence-corrected chi connectivity index (χ4v) is 1.40. The second kappa shape index (κ2) is 7.83. The van der Waals surface area contributed by atoms with Crippen LogP contribution in [0.2, 0.25) is 0 Å². The van der Waals surface area contributed by atoms with Crippen molar-refractivity contribution in [3.63, 3.8) is 0 Å². The summed E-state index contributed by atoms with van der Waals surface area (Å²) in [6.45, 7) is -1.44. The van der Waals surface area contributed by atoms with E-state index in [1.54, 1.807) is 0 Å². The molecule has 0 bridgehead atoms. The molecule has 0 unspecified atom stereocenters. The van der Waals surface area contributed by atoms with Crippen LogP contribution < -0.4 is 0 Å². The molecule has 1 heterocycles. The molecular weight excluding hydrogens is 281 g/mol. The summed E-state index contributed by atoms with van der Waals surface area (Å²) in [7, 11) is 0. The number of unbranched alkanes of at least 4 members (excludes halogenated alkanes) is 1. The number of ether oxygens (including phenoxy) is 1. The van der Waals surface area contributed by atoms with Gasteiger partial charge in [0.15, 0.2) is 5.82 Å². The molecule has 0 fully saturated rings. The van der Waals surface area contributed by atoms with Crippen molar-refractivity contribution in [1.82, 2.24) is 10.1 Å². The molecule has 0 atom stereocenters. The molecule has 20 heavy (non-hydrogen) atoms. The molecule has 1 rings (SSSR count). The van der Waals surface area contributed by atoms with Crippen LogP contribution >= 0.6 is 0 Å². The van der Waals surface area contributed by atoms with Crippen molar-refractivity contribution in [2.24, 2.45) is 0 Å². The Hall–Kier alpha value is -1.64. The number of carbonyl (C=O) groups is 1. The zero-order valence-corrected chi connectivity index (χ0v) is 10.7. The van der Waals surface area contributed by atoms with Crippen LogP contribution in [-0.4, -0.2) is 40.6 Å². The number of alkyl halides is 3. The Morgan fingerprint density at radius 3 is 2.70 bits per heavy atom. The quantitative estimate of drug-likeness (QED) is 0.701. The number of carboxylic acid groups (broad SMARTS) is 1. The van der Waals surface area contributed by atoms with Gasteiger partial charge in [-0.1, -0.05) is 5.16 Å². The lowest BCUT2D eigenvalue weighted by atomic mass is 10.2. The van der Waals surface area contributed by atoms with Gasteiger partial charge in [-0.15, -0.1) is 0 Å². The highest BCUT2D eigenvalue weighted by molar-refractivity contribution is 5.66. The summed E-state index contributed by atoms with van der Waals surface area (Å²) in [5, 5.41) is 12.0. The molecule has 0 radical (unpaired) electrons. The summed E-state index contributed by atoms with van der Waals surface area (Å²) in [5.41, 5.74) is 0. The standard InChI is InChI=1S/C11H15F3N2O4/c12-11(13,14)7-19-6-5-8-15-9(20-16-8)3-1-2-4-10(17)18/h1-7H2,(H,17,18). The van der Waals surface area contributed by atoms with Gasteiger partial charge in [-0.2, -0.15) is 18.2 Å². The van der Waals surface area contributed by atoms with E-state index in [-0.39, 0.29) is 25.3 Å². The number of nitrogens with zero attached hydrogens (tertiary/aromatic N) is 2. The fraction of sp³-hybridized carbons (Fsp3) is 0.727. The SMILES string of the molecule is O=C(O)CCCCc1nc(CCOCC(F)(F)F)no1. The molecule has 114 valence electrons. The molecule has 1 N–H and O–H groups in total. The van der Waals surface area contributed by atoms with Gasteiger partial charge >= 0.3 is 12.1 Å². The van der Waals surface area contributed by atoms with Crippen LogP contribution in [0.3, 0.4) is 0 Å². The van der Waals surface area contributed by atoms with Gasteiger partial charge in [0.1, 0.15) is 6.61 Å². The van der Waals surface area contributed by atoms with Gasteiger partial charge in [-0.25, -0.2) is 0 Å². The highest BCUT2D eigenvalue weighted by Gasteiger charge is 2.27. The van der Waals surface area contributed by atoms with E-state index in [1.807, 2.05) is 0 Å². The van der Waals surface area contributed by atoms with E-state index >= 15 is 0 Å². The largest absolute Gasteiger partial charge is 0.481 e. The van der Waals surface area contributed by atoms with E-state index in [0.29, 0.717) is 25.2 Å². The Balaban J connectivity index is 2.17. The Morgan fingerprint density at radius 1 is 1.30 bits per heavy atom. The summed E-state index contributed by atoms with van der Waals surface area (Å²) in [4.78, 5) is 14.3. The van der Waals surface area contributed by atoms with Gasteiger partial charge in [0.05, 0.1) is 6.61 Å². The van der Waals surface area contributed by atoms with Gasteiger partial charge in [0.25, 0.3) is 0 Å². The van der Waals surface area contributed by atoms with Crippen molar-refractivity contribution >= 4 is 5.97 Å². The first kappa shape index (κ1) is 16.4. The zero-order valence-electron chi connectivity index (χ0n) is 10.7. The average molecular weight is 296 g/mol. The first-order chi connectivity index (χ1) is 9.37. The molecular formula is C11H15F3N2O4. The maximum absolute atomic E-state index is 11.8. The molecule has 0 aliphatic heterocycles. The number of hydrogen-bond donors (Lipinski definition) is 1. The molecule has 0 spiro atoms. The van der Waals surface area contributed by atoms with E-state index in [9.17, 15) is 18.0 Å². The summed E-state index contributed by atoms with van der Waals surface area (Å²) in [6, 6.07) is 0. The van der Waals surface area contributed by atoms with Gasteiger partial charge in [0.2, 0.25) is 5.89 Å². The van der Waals surface area contributed by atoms with Gasteiger partial charge in [0, 0.05) is 19.3 Å². The third kappa shape index (κ3) is 7.72. The Kier molecular flexibility index (Phi) is 6.43. The molecule has 0 saturated carbocycles. The van der Waals surface area contributed by atoms with Crippen LogP contribution in [-0.2, 0) is 22.4 Å². The smallest absolute Gasteiger partial charge is 0.411 e. The van der Waals surface area contributed by atoms with Crippen LogP contribution in [0.25, 0.3) is 0 Å². The monoisotopic (exact) mass is 296 g/mol. The first-order valence-corrected chi connectivity index (χ1v) is 6.04. The summed E-state index contributed by atoms with van der Waals surface area (Å²) >= 11 is 0. The Labute approximate surface area is 112 Å². The van der Waals surface area contributed by atoms with Gasteiger partial charge < -0.3 is 14.4 Å². The lowest BCUT2D eigenvalue weighted by Crippen LogP contribution is -2.18. The molecule has 1 aromatic rings. The van der Waals surface area contributed by atoms with Crippen molar-refractivity contribution < 1.29 is 32.3 Å². The second-order valence-electron chi connectivity index (χ2n) is 4.12. The normalized spacial score (nSPS) is 11.8. The van der Waals surface area contributed by atoms with Gasteiger partial charge in [-0.05, 0) is 12.8 Å². The lowest BCUT2D eigenvalue weighted by Gasteiger charge is -2.05. The Bertz CT molecular complexity index is 420. The number of aliphatic carboxylic acids is 1. The van der Waals surface area contributed by atoms with Crippen LogP contribution in [0.15, 0.2) is 4.52 Å². The second-order valence-corrected chi connectivity index (χ2v) is 4.12. The molecule has 0 aliphatic carbocycles. The van der Waals surface area contributed by atoms with Gasteiger partial charge in [-0.3, -0.25) is 4.79 Å². The predicted molar refractivity (Wildman–Crippen MR) is 60.1 cm³/mol. The molecule has 9 heteroatoms. The maximum Gasteiger partial charge on any atom is 0.411 e. The van der Waals surface area contributed by atoms with Crippen molar-refractivity contribution in [2.45, 2.75) is 38.3 Å². The molecule has 0 aromatic carbocycles. The van der Waals surface area contributed by atoms with E-state index in [2.05, 4.69) is 14.9 Å². The van der Waals surface area contributed by atoms with E-state index in [0.717, 1.165) is 0 Å². The van der Waals surface area contributed by atoms with Crippen molar-refractivity contribution in [1.29, 1.82) is 0 Å². The van der Waals surface area contributed by atoms with E-state index in [4.69, 9.17) is 9.63 Å². The minimum absolute atomic E-state index is 0.0757. The molecule has 1 aromatic heterocycles. The summed E-state index contributed by atoms with van der Waals surface area (Å²) < 4.78 is 44.7. The third-order valence-corrected chi connectivity index (χ3v) is 2.28. The van der Waals surface area contributed by atoms with Crippen molar-refractivity contribution in [3.05, 3.63) is 11.7 Å². The topological polar surface area (TPSA) is 85.5 Å². The first-order valence-electron chi connectivity index (χ1n) is 6.04. The fourth-order valence-electron chi connectivity index (χ4n) is 1.40. The highest BCUT2D eigenvalue weighted by atomic mass is 19.4. The third-order valence-electron chi connectivity index (χ3n) is 2.28. The minimum atomic E-state index is -4.34. The number of aromatic nitrogens is 2. The number of hydrogen-bond acceptors (Lipinski definition) is 5. The number of aryl methyl sites for hydroxylation is 1. The zero-order chi connectivity index (χ0) is 15.0. The predicted octanol–water partition coefficient (Wildman–Crippen LogP) is 1.99. The van der Waals surface area contributed by atoms with Crippen LogP contribution in [0.4, 0.5) is 13.2 Å². The number of carboxylic acids is 1. The van der Waals surface area contributed by atoms with E-state index < -0.39 is 18.8 Å². The van der Waals surface area contributed by atoms with Crippen LogP contribution in [0, 0.1) is 0 Å². The maximum atomic E-state index is 11.8. The average Bonchev–Trinajstić information content (AvgIpc) is 2.77. The van der Waals surface area contributed by atoms with Crippen LogP contribution in [0.5, 0.6) is 0 Å². The van der Waals surface area contributed by atoms with Crippen molar-refractivity contribution in [2.75, 3.05) is 13.2 Å². The van der Waals surface area contributed by atoms with Crippen LogP contribution in [0.1, 0.15) is 31.0 Å². The number of rotatable bonds is 9. The molecule has 6 nitrogen and oxygen atoms in total. The summed E-state index contributed by atoms with van der Waals surface area (Å²) in [6.07, 6.45) is -2.59. The lowest BCUT2D eigenvalue weighted by molar-refractivity contribution is -0.173. The number of halogens is 3. The molecule has 0 aliphatic rings. The van der Waals surface area contributed by atoms with E-state index in [1.165, 1.54) is 0 Å². The van der Waals surface area contributed by atoms with Crippen molar-refractivity contribution in [3.8, 4) is 0 Å². The molecule has 0 amide bonds. The minimum Gasteiger partial charge on any atom is -0.481 e. The Morgan fingerprint density at radius 2 is 2.05 bits per heavy atom. The summed E-state index contributed by atoms with van der Waals surface area (Å²) in [5.74, 6) is -0.236. The molecule has 0 saturated heterocycles.